The fourth-order valence-electron chi connectivity index (χ4n) is 3.34. The van der Waals surface area contributed by atoms with Gasteiger partial charge >= 0.3 is 5.97 Å². The third-order valence-corrected chi connectivity index (χ3v) is 4.86. The third kappa shape index (κ3) is 4.67. The Bertz CT molecular complexity index is 848. The molecule has 2 aromatic carbocycles. The Morgan fingerprint density at radius 3 is 2.64 bits per heavy atom. The van der Waals surface area contributed by atoms with Gasteiger partial charge in [0.1, 0.15) is 17.6 Å². The number of nitrogens with one attached hydrogen (secondary N) is 2. The van der Waals surface area contributed by atoms with Gasteiger partial charge in [-0.2, -0.15) is 0 Å². The Hall–Kier alpha value is -2.93. The second kappa shape index (κ2) is 8.84. The van der Waals surface area contributed by atoms with E-state index in [9.17, 15) is 19.1 Å². The topological polar surface area (TPSA) is 87.7 Å². The number of benzene rings is 2. The van der Waals surface area contributed by atoms with E-state index >= 15 is 0 Å². The number of carboxylic acids is 1. The number of hydrogen-bond donors (Lipinski definition) is 3. The molecule has 6 nitrogen and oxygen atoms in total. The zero-order valence-corrected chi connectivity index (χ0v) is 15.6. The monoisotopic (exact) mass is 386 g/mol. The number of hydrogen-bond acceptors (Lipinski definition) is 4. The first-order chi connectivity index (χ1) is 13.5. The molecule has 0 bridgehead atoms. The van der Waals surface area contributed by atoms with Crippen LogP contribution < -0.4 is 15.4 Å². The molecule has 1 heterocycles. The van der Waals surface area contributed by atoms with Gasteiger partial charge in [0, 0.05) is 12.0 Å². The second-order valence-corrected chi connectivity index (χ2v) is 6.79. The highest BCUT2D eigenvalue weighted by molar-refractivity contribution is 5.87. The summed E-state index contributed by atoms with van der Waals surface area (Å²) in [5, 5.41) is 15.1. The number of rotatable bonds is 7. The number of carbonyl (C=O) groups excluding carboxylic acids is 1. The van der Waals surface area contributed by atoms with E-state index < -0.39 is 12.0 Å². The number of carboxylic acid groups (broad SMARTS) is 1. The van der Waals surface area contributed by atoms with Crippen molar-refractivity contribution in [1.82, 2.24) is 10.6 Å². The largest absolute Gasteiger partial charge is 0.496 e. The summed E-state index contributed by atoms with van der Waals surface area (Å²) >= 11 is 0. The summed E-state index contributed by atoms with van der Waals surface area (Å²) in [6.07, 6.45) is 1.78. The van der Waals surface area contributed by atoms with Gasteiger partial charge in [0.2, 0.25) is 5.91 Å². The molecule has 1 amide bonds. The summed E-state index contributed by atoms with van der Waals surface area (Å²) < 4.78 is 18.9. The summed E-state index contributed by atoms with van der Waals surface area (Å²) in [6.45, 7) is 0.765. The van der Waals surface area contributed by atoms with Gasteiger partial charge in [-0.05, 0) is 48.7 Å². The van der Waals surface area contributed by atoms with Gasteiger partial charge in [-0.3, -0.25) is 4.79 Å². The van der Waals surface area contributed by atoms with Crippen molar-refractivity contribution in [3.8, 4) is 16.9 Å². The highest BCUT2D eigenvalue weighted by atomic mass is 19.1. The van der Waals surface area contributed by atoms with Gasteiger partial charge in [-0.1, -0.05) is 24.3 Å². The number of aliphatic carboxylic acids is 1. The van der Waals surface area contributed by atoms with Crippen molar-refractivity contribution in [2.24, 2.45) is 0 Å². The van der Waals surface area contributed by atoms with E-state index in [1.54, 1.807) is 30.3 Å². The zero-order chi connectivity index (χ0) is 20.1. The minimum Gasteiger partial charge on any atom is -0.496 e. The average Bonchev–Trinajstić information content (AvgIpc) is 3.23. The van der Waals surface area contributed by atoms with E-state index in [1.807, 2.05) is 0 Å². The molecule has 28 heavy (non-hydrogen) atoms. The SMILES string of the molecule is COc1ccc(F)cc1-c1ccc(C[C@H](NC(=O)[C@@H]2CCCN2)C(=O)O)cc1. The Balaban J connectivity index is 1.72. The number of halogens is 1. The van der Waals surface area contributed by atoms with Gasteiger partial charge in [0.25, 0.3) is 0 Å². The number of amides is 1. The summed E-state index contributed by atoms with van der Waals surface area (Å²) in [4.78, 5) is 23.8. The Morgan fingerprint density at radius 2 is 2.04 bits per heavy atom. The van der Waals surface area contributed by atoms with Crippen LogP contribution in [0.25, 0.3) is 11.1 Å². The maximum atomic E-state index is 13.6. The highest BCUT2D eigenvalue weighted by Crippen LogP contribution is 2.30. The van der Waals surface area contributed by atoms with Crippen LogP contribution in [-0.4, -0.2) is 42.7 Å². The van der Waals surface area contributed by atoms with Gasteiger partial charge < -0.3 is 20.5 Å². The first-order valence-corrected chi connectivity index (χ1v) is 9.17. The van der Waals surface area contributed by atoms with Gasteiger partial charge in [-0.15, -0.1) is 0 Å². The van der Waals surface area contributed by atoms with Crippen molar-refractivity contribution in [3.05, 3.63) is 53.8 Å². The molecule has 0 saturated carbocycles. The van der Waals surface area contributed by atoms with Crippen LogP contribution in [0.1, 0.15) is 18.4 Å². The molecule has 0 unspecified atom stereocenters. The van der Waals surface area contributed by atoms with Crippen molar-refractivity contribution < 1.29 is 23.8 Å². The third-order valence-electron chi connectivity index (χ3n) is 4.86. The first-order valence-electron chi connectivity index (χ1n) is 9.17. The van der Waals surface area contributed by atoms with Gasteiger partial charge in [0.15, 0.2) is 0 Å². The van der Waals surface area contributed by atoms with E-state index in [-0.39, 0.29) is 24.2 Å². The molecule has 2 atom stereocenters. The van der Waals surface area contributed by atoms with Crippen LogP contribution in [0.5, 0.6) is 5.75 Å². The van der Waals surface area contributed by atoms with Gasteiger partial charge in [-0.25, -0.2) is 9.18 Å². The number of methoxy groups -OCH3 is 1. The number of carbonyl (C=O) groups is 2. The predicted octanol–water partition coefficient (Wildman–Crippen LogP) is 2.37. The van der Waals surface area contributed by atoms with Crippen LogP contribution in [0.4, 0.5) is 4.39 Å². The molecule has 0 aliphatic carbocycles. The first kappa shape index (κ1) is 19.8. The quantitative estimate of drug-likeness (QED) is 0.680. The lowest BCUT2D eigenvalue weighted by molar-refractivity contribution is -0.142. The summed E-state index contributed by atoms with van der Waals surface area (Å²) in [5.41, 5.74) is 2.13. The molecule has 2 aromatic rings. The minimum atomic E-state index is -1.08. The van der Waals surface area contributed by atoms with Crippen molar-refractivity contribution in [2.75, 3.05) is 13.7 Å². The van der Waals surface area contributed by atoms with E-state index in [4.69, 9.17) is 4.74 Å². The predicted molar refractivity (Wildman–Crippen MR) is 103 cm³/mol. The molecule has 1 fully saturated rings. The van der Waals surface area contributed by atoms with Crippen LogP contribution >= 0.6 is 0 Å². The maximum Gasteiger partial charge on any atom is 0.326 e. The van der Waals surface area contributed by atoms with Crippen LogP contribution in [-0.2, 0) is 16.0 Å². The lowest BCUT2D eigenvalue weighted by Gasteiger charge is -2.18. The standard InChI is InChI=1S/C21H23FN2O4/c1-28-19-9-8-15(22)12-16(19)14-6-4-13(5-7-14)11-18(21(26)27)24-20(25)17-3-2-10-23-17/h4-9,12,17-18,23H,2-3,10-11H2,1H3,(H,24,25)(H,26,27)/t17-,18-/m0/s1. The van der Waals surface area contributed by atoms with Crippen LogP contribution in [0.15, 0.2) is 42.5 Å². The average molecular weight is 386 g/mol. The molecule has 0 radical (unpaired) electrons. The van der Waals surface area contributed by atoms with Crippen LogP contribution in [0.3, 0.4) is 0 Å². The van der Waals surface area contributed by atoms with Gasteiger partial charge in [0.05, 0.1) is 13.2 Å². The van der Waals surface area contributed by atoms with E-state index in [0.29, 0.717) is 17.7 Å². The molecule has 3 N–H and O–H groups in total. The summed E-state index contributed by atoms with van der Waals surface area (Å²) in [7, 11) is 1.52. The van der Waals surface area contributed by atoms with E-state index in [0.717, 1.165) is 24.1 Å². The van der Waals surface area contributed by atoms with E-state index in [1.165, 1.54) is 19.2 Å². The highest BCUT2D eigenvalue weighted by Gasteiger charge is 2.27. The lowest BCUT2D eigenvalue weighted by Crippen LogP contribution is -2.49. The molecule has 0 aromatic heterocycles. The summed E-state index contributed by atoms with van der Waals surface area (Å²) in [5.74, 6) is -1.18. The van der Waals surface area contributed by atoms with Crippen molar-refractivity contribution >= 4 is 11.9 Å². The molecule has 3 rings (SSSR count). The van der Waals surface area contributed by atoms with Crippen molar-refractivity contribution in [3.63, 3.8) is 0 Å². The van der Waals surface area contributed by atoms with Crippen molar-refractivity contribution in [2.45, 2.75) is 31.3 Å². The molecular weight excluding hydrogens is 363 g/mol. The Labute approximate surface area is 162 Å². The molecule has 1 aliphatic rings. The molecule has 7 heteroatoms. The maximum absolute atomic E-state index is 13.6. The van der Waals surface area contributed by atoms with Crippen LogP contribution in [0.2, 0.25) is 0 Å². The zero-order valence-electron chi connectivity index (χ0n) is 15.6. The molecule has 148 valence electrons. The molecule has 0 spiro atoms. The van der Waals surface area contributed by atoms with Crippen LogP contribution in [0, 0.1) is 5.82 Å². The lowest BCUT2D eigenvalue weighted by atomic mass is 9.99. The Kier molecular flexibility index (Phi) is 6.26. The second-order valence-electron chi connectivity index (χ2n) is 6.79. The fraction of sp³-hybridized carbons (Fsp3) is 0.333. The number of ether oxygens (including phenoxy) is 1. The summed E-state index contributed by atoms with van der Waals surface area (Å²) in [6, 6.07) is 10.1. The molecule has 1 aliphatic heterocycles. The Morgan fingerprint density at radius 1 is 1.29 bits per heavy atom. The smallest absolute Gasteiger partial charge is 0.326 e. The minimum absolute atomic E-state index is 0.161. The molecular formula is C21H23FN2O4. The van der Waals surface area contributed by atoms with E-state index in [2.05, 4.69) is 10.6 Å². The van der Waals surface area contributed by atoms with Crippen molar-refractivity contribution in [1.29, 1.82) is 0 Å². The fourth-order valence-corrected chi connectivity index (χ4v) is 3.34. The normalized spacial score (nSPS) is 17.1. The molecule has 1 saturated heterocycles.